The summed E-state index contributed by atoms with van der Waals surface area (Å²) >= 11 is 3.19. The molecule has 0 unspecified atom stereocenters. The summed E-state index contributed by atoms with van der Waals surface area (Å²) in [6, 6.07) is 1.64. The number of aromatic nitrogens is 1. The minimum atomic E-state index is -4.43. The third-order valence-corrected chi connectivity index (χ3v) is 2.63. The highest BCUT2D eigenvalue weighted by Gasteiger charge is 2.27. The van der Waals surface area contributed by atoms with Gasteiger partial charge < -0.3 is 10.1 Å². The second kappa shape index (κ2) is 6.14. The number of aryl methyl sites for hydroxylation is 1. The Morgan fingerprint density at radius 1 is 1.56 bits per heavy atom. The molecule has 1 aromatic heterocycles. The van der Waals surface area contributed by atoms with Gasteiger partial charge in [0.2, 0.25) is 5.91 Å². The molecule has 0 aliphatic rings. The number of carbonyl (C=O) groups is 1. The molecule has 100 valence electrons. The first-order chi connectivity index (χ1) is 8.28. The molecule has 8 heteroatoms. The van der Waals surface area contributed by atoms with E-state index in [4.69, 9.17) is 0 Å². The first-order valence-corrected chi connectivity index (χ1v) is 5.64. The number of anilines is 1. The SMILES string of the molecule is Cc1cc(NC(=O)COCC(F)(F)F)cnc1Br. The number of carbonyl (C=O) groups excluding carboxylic acids is 1. The fourth-order valence-corrected chi connectivity index (χ4v) is 1.30. The van der Waals surface area contributed by atoms with Gasteiger partial charge >= 0.3 is 6.18 Å². The smallest absolute Gasteiger partial charge is 0.362 e. The van der Waals surface area contributed by atoms with Gasteiger partial charge in [-0.05, 0) is 34.5 Å². The van der Waals surface area contributed by atoms with Gasteiger partial charge in [-0.2, -0.15) is 13.2 Å². The lowest BCUT2D eigenvalue weighted by Crippen LogP contribution is -2.24. The first kappa shape index (κ1) is 14.9. The van der Waals surface area contributed by atoms with E-state index in [9.17, 15) is 18.0 Å². The number of amides is 1. The first-order valence-electron chi connectivity index (χ1n) is 4.84. The maximum absolute atomic E-state index is 11.8. The van der Waals surface area contributed by atoms with Crippen molar-refractivity contribution in [3.05, 3.63) is 22.4 Å². The predicted molar refractivity (Wildman–Crippen MR) is 62.2 cm³/mol. The number of rotatable bonds is 4. The Bertz CT molecular complexity index is 438. The highest BCUT2D eigenvalue weighted by molar-refractivity contribution is 9.10. The zero-order valence-electron chi connectivity index (χ0n) is 9.34. The molecule has 1 amide bonds. The molecule has 0 spiro atoms. The van der Waals surface area contributed by atoms with Crippen LogP contribution in [0.1, 0.15) is 5.56 Å². The highest BCUT2D eigenvalue weighted by atomic mass is 79.9. The molecule has 0 atom stereocenters. The summed E-state index contributed by atoms with van der Waals surface area (Å²) in [5.74, 6) is -0.664. The summed E-state index contributed by atoms with van der Waals surface area (Å²) < 4.78 is 40.1. The van der Waals surface area contributed by atoms with Gasteiger partial charge in [0.25, 0.3) is 0 Å². The third kappa shape index (κ3) is 5.46. The van der Waals surface area contributed by atoms with Gasteiger partial charge in [0.1, 0.15) is 17.8 Å². The lowest BCUT2D eigenvalue weighted by molar-refractivity contribution is -0.174. The maximum atomic E-state index is 11.8. The van der Waals surface area contributed by atoms with Gasteiger partial charge in [0.15, 0.2) is 0 Å². The molecule has 0 saturated carbocycles. The van der Waals surface area contributed by atoms with Crippen molar-refractivity contribution >= 4 is 27.5 Å². The topological polar surface area (TPSA) is 51.2 Å². The van der Waals surface area contributed by atoms with E-state index < -0.39 is 25.3 Å². The summed E-state index contributed by atoms with van der Waals surface area (Å²) in [5.41, 5.74) is 1.19. The van der Waals surface area contributed by atoms with Crippen LogP contribution in [0.4, 0.5) is 18.9 Å². The molecule has 18 heavy (non-hydrogen) atoms. The van der Waals surface area contributed by atoms with Gasteiger partial charge in [-0.3, -0.25) is 4.79 Å². The molecule has 1 aromatic rings. The van der Waals surface area contributed by atoms with E-state index in [1.54, 1.807) is 13.0 Å². The molecule has 0 aliphatic carbocycles. The maximum Gasteiger partial charge on any atom is 0.411 e. The number of nitrogens with one attached hydrogen (secondary N) is 1. The molecule has 1 heterocycles. The van der Waals surface area contributed by atoms with E-state index in [2.05, 4.69) is 31.0 Å². The predicted octanol–water partition coefficient (Wildman–Crippen LogP) is 2.67. The van der Waals surface area contributed by atoms with Crippen molar-refractivity contribution < 1.29 is 22.7 Å². The Morgan fingerprint density at radius 3 is 2.78 bits per heavy atom. The van der Waals surface area contributed by atoms with Crippen molar-refractivity contribution in [1.29, 1.82) is 0 Å². The second-order valence-electron chi connectivity index (χ2n) is 3.49. The molecular weight excluding hydrogens is 317 g/mol. The van der Waals surface area contributed by atoms with E-state index in [1.807, 2.05) is 0 Å². The number of nitrogens with zero attached hydrogens (tertiary/aromatic N) is 1. The second-order valence-corrected chi connectivity index (χ2v) is 4.24. The Morgan fingerprint density at radius 2 is 2.22 bits per heavy atom. The standard InChI is InChI=1S/C10H10BrF3N2O2/c1-6-2-7(3-15-9(6)11)16-8(17)4-18-5-10(12,13)14/h2-3H,4-5H2,1H3,(H,16,17). The van der Waals surface area contributed by atoms with Crippen molar-refractivity contribution in [3.63, 3.8) is 0 Å². The number of halogens is 4. The minimum Gasteiger partial charge on any atom is -0.362 e. The monoisotopic (exact) mass is 326 g/mol. The van der Waals surface area contributed by atoms with Crippen molar-refractivity contribution in [2.75, 3.05) is 18.5 Å². The average Bonchev–Trinajstić information content (AvgIpc) is 2.21. The fourth-order valence-electron chi connectivity index (χ4n) is 1.08. The normalized spacial score (nSPS) is 11.4. The number of alkyl halides is 3. The summed E-state index contributed by atoms with van der Waals surface area (Å²) in [4.78, 5) is 15.2. The van der Waals surface area contributed by atoms with Crippen molar-refractivity contribution in [1.82, 2.24) is 4.98 Å². The van der Waals surface area contributed by atoms with Crippen molar-refractivity contribution in [2.24, 2.45) is 0 Å². The van der Waals surface area contributed by atoms with Gasteiger partial charge in [-0.15, -0.1) is 0 Å². The lowest BCUT2D eigenvalue weighted by Gasteiger charge is -2.08. The zero-order valence-corrected chi connectivity index (χ0v) is 10.9. The molecule has 4 nitrogen and oxygen atoms in total. The Hall–Kier alpha value is -1.15. The molecule has 0 saturated heterocycles. The number of pyridine rings is 1. The molecule has 1 N–H and O–H groups in total. The van der Waals surface area contributed by atoms with Gasteiger partial charge in [0, 0.05) is 0 Å². The van der Waals surface area contributed by atoms with Crippen LogP contribution in [0.15, 0.2) is 16.9 Å². The minimum absolute atomic E-state index is 0.399. The summed E-state index contributed by atoms with van der Waals surface area (Å²) in [6.45, 7) is -0.334. The van der Waals surface area contributed by atoms with Crippen LogP contribution < -0.4 is 5.32 Å². The van der Waals surface area contributed by atoms with E-state index in [-0.39, 0.29) is 0 Å². The van der Waals surface area contributed by atoms with Crippen LogP contribution in [-0.4, -0.2) is 30.3 Å². The van der Waals surface area contributed by atoms with Gasteiger partial charge in [0.05, 0.1) is 11.9 Å². The van der Waals surface area contributed by atoms with E-state index in [1.165, 1.54) is 6.20 Å². The van der Waals surface area contributed by atoms with Crippen LogP contribution in [0, 0.1) is 6.92 Å². The molecule has 0 fully saturated rings. The van der Waals surface area contributed by atoms with Crippen LogP contribution in [0.5, 0.6) is 0 Å². The summed E-state index contributed by atoms with van der Waals surface area (Å²) in [6.07, 6.45) is -3.05. The Kier molecular flexibility index (Phi) is 5.09. The number of ether oxygens (including phenoxy) is 1. The molecule has 0 aliphatic heterocycles. The quantitative estimate of drug-likeness (QED) is 0.865. The van der Waals surface area contributed by atoms with E-state index >= 15 is 0 Å². The van der Waals surface area contributed by atoms with Gasteiger partial charge in [-0.25, -0.2) is 4.98 Å². The fraction of sp³-hybridized carbons (Fsp3) is 0.400. The van der Waals surface area contributed by atoms with Crippen molar-refractivity contribution in [3.8, 4) is 0 Å². The largest absolute Gasteiger partial charge is 0.411 e. The number of hydrogen-bond acceptors (Lipinski definition) is 3. The van der Waals surface area contributed by atoms with E-state index in [0.717, 1.165) is 5.56 Å². The molecule has 1 rings (SSSR count). The third-order valence-electron chi connectivity index (χ3n) is 1.80. The highest BCUT2D eigenvalue weighted by Crippen LogP contribution is 2.17. The van der Waals surface area contributed by atoms with Crippen LogP contribution in [0.3, 0.4) is 0 Å². The molecule has 0 bridgehead atoms. The van der Waals surface area contributed by atoms with Crippen LogP contribution >= 0.6 is 15.9 Å². The Labute approximate surface area is 110 Å². The Balaban J connectivity index is 2.42. The number of hydrogen-bond donors (Lipinski definition) is 1. The van der Waals surface area contributed by atoms with Crippen LogP contribution in [0.25, 0.3) is 0 Å². The molecule has 0 aromatic carbocycles. The molecular formula is C10H10BrF3N2O2. The van der Waals surface area contributed by atoms with E-state index in [0.29, 0.717) is 10.3 Å². The van der Waals surface area contributed by atoms with Crippen molar-refractivity contribution in [2.45, 2.75) is 13.1 Å². The summed E-state index contributed by atoms with van der Waals surface area (Å²) in [5, 5.41) is 2.38. The average molecular weight is 327 g/mol. The van der Waals surface area contributed by atoms with Gasteiger partial charge in [-0.1, -0.05) is 0 Å². The molecule has 0 radical (unpaired) electrons. The van der Waals surface area contributed by atoms with Crippen LogP contribution in [0.2, 0.25) is 0 Å². The lowest BCUT2D eigenvalue weighted by atomic mass is 10.3. The van der Waals surface area contributed by atoms with Crippen LogP contribution in [-0.2, 0) is 9.53 Å². The summed E-state index contributed by atoms with van der Waals surface area (Å²) in [7, 11) is 0. The zero-order chi connectivity index (χ0) is 13.8.